The average molecular weight is 349 g/mol. The summed E-state index contributed by atoms with van der Waals surface area (Å²) in [7, 11) is 0. The fourth-order valence-electron chi connectivity index (χ4n) is 4.04. The first-order valence-electron chi connectivity index (χ1n) is 9.40. The van der Waals surface area contributed by atoms with Crippen molar-refractivity contribution in [3.63, 3.8) is 0 Å². The Morgan fingerprint density at radius 1 is 1.04 bits per heavy atom. The molecule has 134 valence electrons. The van der Waals surface area contributed by atoms with Gasteiger partial charge in [0.05, 0.1) is 5.69 Å². The Bertz CT molecular complexity index is 913. The number of nitrogens with zero attached hydrogens (tertiary/aromatic N) is 2. The molecule has 5 heteroatoms. The van der Waals surface area contributed by atoms with Crippen LogP contribution in [-0.4, -0.2) is 41.2 Å². The molecule has 0 aliphatic carbocycles. The SMILES string of the molecule is c1cc2cc(C3CCN(Cc4ccc5c(n4)OCCO5)CC3)ccc2[nH]1. The molecule has 0 radical (unpaired) electrons. The Hall–Kier alpha value is -2.53. The maximum atomic E-state index is 5.60. The van der Waals surface area contributed by atoms with Crippen molar-refractivity contribution in [1.82, 2.24) is 14.9 Å². The molecule has 0 spiro atoms. The van der Waals surface area contributed by atoms with Gasteiger partial charge in [-0.1, -0.05) is 6.07 Å². The number of hydrogen-bond acceptors (Lipinski definition) is 4. The van der Waals surface area contributed by atoms with Gasteiger partial charge < -0.3 is 14.5 Å². The number of rotatable bonds is 3. The van der Waals surface area contributed by atoms with Crippen LogP contribution in [0, 0.1) is 0 Å². The standard InChI is InChI=1S/C21H23N3O2/c1-3-19-17(5-8-22-19)13-16(1)15-6-9-24(10-7-15)14-18-2-4-20-21(23-18)26-12-11-25-20/h1-5,8,13,15,22H,6-7,9-12,14H2. The molecule has 0 unspecified atom stereocenters. The molecule has 1 saturated heterocycles. The molecule has 2 aliphatic rings. The van der Waals surface area contributed by atoms with Gasteiger partial charge in [0.25, 0.3) is 5.88 Å². The largest absolute Gasteiger partial charge is 0.484 e. The van der Waals surface area contributed by atoms with Gasteiger partial charge >= 0.3 is 0 Å². The Morgan fingerprint density at radius 3 is 2.85 bits per heavy atom. The topological polar surface area (TPSA) is 50.4 Å². The predicted octanol–water partition coefficient (Wildman–Crippen LogP) is 3.71. The molecule has 0 atom stereocenters. The van der Waals surface area contributed by atoms with E-state index in [0.29, 0.717) is 25.0 Å². The van der Waals surface area contributed by atoms with Crippen LogP contribution in [-0.2, 0) is 6.54 Å². The number of likely N-dealkylation sites (tertiary alicyclic amines) is 1. The fourth-order valence-corrected chi connectivity index (χ4v) is 4.04. The lowest BCUT2D eigenvalue weighted by molar-refractivity contribution is 0.161. The van der Waals surface area contributed by atoms with Crippen LogP contribution in [0.15, 0.2) is 42.6 Å². The molecular weight excluding hydrogens is 326 g/mol. The summed E-state index contributed by atoms with van der Waals surface area (Å²) in [5.41, 5.74) is 3.74. The summed E-state index contributed by atoms with van der Waals surface area (Å²) in [6.07, 6.45) is 4.40. The third kappa shape index (κ3) is 3.03. The summed E-state index contributed by atoms with van der Waals surface area (Å²) in [5, 5.41) is 1.31. The van der Waals surface area contributed by atoms with Crippen LogP contribution in [0.5, 0.6) is 11.6 Å². The number of benzene rings is 1. The van der Waals surface area contributed by atoms with Crippen LogP contribution in [0.4, 0.5) is 0 Å². The van der Waals surface area contributed by atoms with Crippen LogP contribution in [0.25, 0.3) is 10.9 Å². The number of aromatic nitrogens is 2. The highest BCUT2D eigenvalue weighted by Crippen LogP contribution is 2.31. The van der Waals surface area contributed by atoms with Gasteiger partial charge in [-0.05, 0) is 73.1 Å². The number of hydrogen-bond donors (Lipinski definition) is 1. The van der Waals surface area contributed by atoms with Crippen molar-refractivity contribution in [2.45, 2.75) is 25.3 Å². The van der Waals surface area contributed by atoms with E-state index in [9.17, 15) is 0 Å². The number of H-pyrrole nitrogens is 1. The first kappa shape index (κ1) is 15.7. The molecule has 1 fully saturated rings. The lowest BCUT2D eigenvalue weighted by atomic mass is 9.89. The lowest BCUT2D eigenvalue weighted by Crippen LogP contribution is -2.32. The summed E-state index contributed by atoms with van der Waals surface area (Å²) < 4.78 is 11.2. The molecular formula is C21H23N3O2. The number of nitrogens with one attached hydrogen (secondary N) is 1. The molecule has 4 heterocycles. The second-order valence-electron chi connectivity index (χ2n) is 7.18. The van der Waals surface area contributed by atoms with Crippen molar-refractivity contribution in [3.05, 3.63) is 53.9 Å². The van der Waals surface area contributed by atoms with Crippen LogP contribution >= 0.6 is 0 Å². The van der Waals surface area contributed by atoms with Crippen molar-refractivity contribution in [2.24, 2.45) is 0 Å². The van der Waals surface area contributed by atoms with Crippen LogP contribution in [0.1, 0.15) is 30.0 Å². The van der Waals surface area contributed by atoms with E-state index in [0.717, 1.165) is 31.1 Å². The zero-order valence-electron chi connectivity index (χ0n) is 14.8. The van der Waals surface area contributed by atoms with Crippen molar-refractivity contribution >= 4 is 10.9 Å². The summed E-state index contributed by atoms with van der Waals surface area (Å²) >= 11 is 0. The Kier molecular flexibility index (Phi) is 4.02. The van der Waals surface area contributed by atoms with Crippen LogP contribution in [0.2, 0.25) is 0 Å². The fraction of sp³-hybridized carbons (Fsp3) is 0.381. The van der Waals surface area contributed by atoms with Gasteiger partial charge in [0.15, 0.2) is 5.75 Å². The minimum Gasteiger partial charge on any atom is -0.484 e. The van der Waals surface area contributed by atoms with Crippen molar-refractivity contribution in [1.29, 1.82) is 0 Å². The van der Waals surface area contributed by atoms with E-state index < -0.39 is 0 Å². The summed E-state index contributed by atoms with van der Waals surface area (Å²) in [4.78, 5) is 10.4. The zero-order chi connectivity index (χ0) is 17.3. The molecule has 3 aromatic rings. The second kappa shape index (κ2) is 6.65. The maximum Gasteiger partial charge on any atom is 0.257 e. The summed E-state index contributed by atoms with van der Waals surface area (Å²) in [6.45, 7) is 4.27. The summed E-state index contributed by atoms with van der Waals surface area (Å²) in [6, 6.07) is 13.0. The number of piperidine rings is 1. The highest BCUT2D eigenvalue weighted by atomic mass is 16.6. The number of aromatic amines is 1. The minimum atomic E-state index is 0.584. The molecule has 2 aliphatic heterocycles. The Labute approximate surface area is 152 Å². The highest BCUT2D eigenvalue weighted by Gasteiger charge is 2.22. The van der Waals surface area contributed by atoms with Crippen LogP contribution in [0.3, 0.4) is 0 Å². The Morgan fingerprint density at radius 2 is 1.92 bits per heavy atom. The number of pyridine rings is 1. The van der Waals surface area contributed by atoms with Crippen molar-refractivity contribution in [3.8, 4) is 11.6 Å². The molecule has 2 aromatic heterocycles. The molecule has 5 rings (SSSR count). The first-order chi connectivity index (χ1) is 12.8. The average Bonchev–Trinajstić information content (AvgIpc) is 3.16. The third-order valence-corrected chi connectivity index (χ3v) is 5.48. The van der Waals surface area contributed by atoms with Gasteiger partial charge in [0.1, 0.15) is 13.2 Å². The lowest BCUT2D eigenvalue weighted by Gasteiger charge is -2.32. The van der Waals surface area contributed by atoms with Gasteiger partial charge in [-0.2, -0.15) is 0 Å². The van der Waals surface area contributed by atoms with Gasteiger partial charge in [-0.25, -0.2) is 4.98 Å². The monoisotopic (exact) mass is 349 g/mol. The summed E-state index contributed by atoms with van der Waals surface area (Å²) in [5.74, 6) is 2.06. The zero-order valence-corrected chi connectivity index (χ0v) is 14.8. The smallest absolute Gasteiger partial charge is 0.257 e. The molecule has 0 amide bonds. The second-order valence-corrected chi connectivity index (χ2v) is 7.18. The van der Waals surface area contributed by atoms with E-state index in [1.54, 1.807) is 0 Å². The van der Waals surface area contributed by atoms with E-state index >= 15 is 0 Å². The molecule has 0 saturated carbocycles. The molecule has 0 bridgehead atoms. The van der Waals surface area contributed by atoms with Crippen molar-refractivity contribution in [2.75, 3.05) is 26.3 Å². The van der Waals surface area contributed by atoms with E-state index in [1.165, 1.54) is 29.3 Å². The maximum absolute atomic E-state index is 5.60. The molecule has 1 N–H and O–H groups in total. The molecule has 5 nitrogen and oxygen atoms in total. The van der Waals surface area contributed by atoms with Gasteiger partial charge in [-0.3, -0.25) is 4.90 Å². The van der Waals surface area contributed by atoms with E-state index in [-0.39, 0.29) is 0 Å². The third-order valence-electron chi connectivity index (χ3n) is 5.48. The molecule has 26 heavy (non-hydrogen) atoms. The van der Waals surface area contributed by atoms with Crippen molar-refractivity contribution < 1.29 is 9.47 Å². The van der Waals surface area contributed by atoms with E-state index in [1.807, 2.05) is 12.3 Å². The Balaban J connectivity index is 1.23. The van der Waals surface area contributed by atoms with E-state index in [2.05, 4.69) is 45.2 Å². The molecule has 1 aromatic carbocycles. The highest BCUT2D eigenvalue weighted by molar-refractivity contribution is 5.80. The van der Waals surface area contributed by atoms with Crippen LogP contribution < -0.4 is 9.47 Å². The number of fused-ring (bicyclic) bond motifs is 2. The van der Waals surface area contributed by atoms with E-state index in [4.69, 9.17) is 9.47 Å². The predicted molar refractivity (Wildman–Crippen MR) is 101 cm³/mol. The van der Waals surface area contributed by atoms with Gasteiger partial charge in [0, 0.05) is 18.3 Å². The number of ether oxygens (including phenoxy) is 2. The first-order valence-corrected chi connectivity index (χ1v) is 9.40. The van der Waals surface area contributed by atoms with Gasteiger partial charge in [0.2, 0.25) is 0 Å². The van der Waals surface area contributed by atoms with Gasteiger partial charge in [-0.15, -0.1) is 0 Å². The quantitative estimate of drug-likeness (QED) is 0.783. The minimum absolute atomic E-state index is 0.584. The normalized spacial score (nSPS) is 18.3.